The van der Waals surface area contributed by atoms with E-state index in [0.29, 0.717) is 24.4 Å². The Labute approximate surface area is 182 Å². The Morgan fingerprint density at radius 3 is 2.37 bits per heavy atom. The molecule has 0 saturated heterocycles. The topological polar surface area (TPSA) is 77.8 Å². The molecule has 2 saturated carbocycles. The molecular weight excluding hydrogens is 398 g/mol. The Hall–Kier alpha value is -1.66. The quantitative estimate of drug-likeness (QED) is 0.647. The standard InChI is InChI=1S/C24H33NO4S/c1-15-6-8-17(9-7-15)23(27)25(18-10-12-19(26)13-11-18)20-14-21(16-4-2-3-5-16)30-22(20)24(28)29/h4,14-15,17-19,26H,2-3,5-13H2,1H3,(H,28,29)/t15-,17-,18-,19-. The van der Waals surface area contributed by atoms with Gasteiger partial charge in [0.25, 0.3) is 0 Å². The number of allylic oxidation sites excluding steroid dienone is 2. The third kappa shape index (κ3) is 4.50. The van der Waals surface area contributed by atoms with Crippen molar-refractivity contribution in [3.8, 4) is 0 Å². The lowest BCUT2D eigenvalue weighted by Crippen LogP contribution is -2.47. The summed E-state index contributed by atoms with van der Waals surface area (Å²) in [5.41, 5.74) is 1.80. The zero-order chi connectivity index (χ0) is 21.3. The Kier molecular flexibility index (Phi) is 6.63. The molecule has 3 aliphatic rings. The highest BCUT2D eigenvalue weighted by molar-refractivity contribution is 7.15. The molecule has 2 N–H and O–H groups in total. The van der Waals surface area contributed by atoms with Crippen molar-refractivity contribution in [1.29, 1.82) is 0 Å². The fourth-order valence-corrected chi connectivity index (χ4v) is 6.34. The molecule has 0 unspecified atom stereocenters. The smallest absolute Gasteiger partial charge is 0.348 e. The van der Waals surface area contributed by atoms with Gasteiger partial charge < -0.3 is 15.1 Å². The van der Waals surface area contributed by atoms with Gasteiger partial charge in [-0.1, -0.05) is 13.0 Å². The minimum atomic E-state index is -0.953. The van der Waals surface area contributed by atoms with Crippen molar-refractivity contribution in [2.75, 3.05) is 4.90 Å². The summed E-state index contributed by atoms with van der Waals surface area (Å²) in [7, 11) is 0. The number of aromatic carboxylic acids is 1. The molecule has 0 aromatic carbocycles. The van der Waals surface area contributed by atoms with Crippen LogP contribution in [0.4, 0.5) is 5.69 Å². The van der Waals surface area contributed by atoms with Crippen molar-refractivity contribution >= 4 is 34.5 Å². The molecule has 164 valence electrons. The van der Waals surface area contributed by atoms with E-state index < -0.39 is 5.97 Å². The predicted molar refractivity (Wildman–Crippen MR) is 120 cm³/mol. The Morgan fingerprint density at radius 1 is 1.07 bits per heavy atom. The number of carboxylic acid groups (broad SMARTS) is 1. The summed E-state index contributed by atoms with van der Waals surface area (Å²) in [5, 5.41) is 19.9. The van der Waals surface area contributed by atoms with E-state index >= 15 is 0 Å². The first kappa shape index (κ1) is 21.6. The normalized spacial score (nSPS) is 29.5. The first-order valence-electron chi connectivity index (χ1n) is 11.5. The average molecular weight is 432 g/mol. The number of nitrogens with zero attached hydrogens (tertiary/aromatic N) is 1. The van der Waals surface area contributed by atoms with Crippen LogP contribution in [0.3, 0.4) is 0 Å². The monoisotopic (exact) mass is 431 g/mol. The lowest BCUT2D eigenvalue weighted by atomic mass is 9.81. The van der Waals surface area contributed by atoms with Crippen molar-refractivity contribution in [2.24, 2.45) is 11.8 Å². The highest BCUT2D eigenvalue weighted by atomic mass is 32.1. The Morgan fingerprint density at radius 2 is 1.77 bits per heavy atom. The van der Waals surface area contributed by atoms with E-state index in [0.717, 1.165) is 62.7 Å². The maximum atomic E-state index is 13.8. The van der Waals surface area contributed by atoms with Crippen LogP contribution in [0.5, 0.6) is 0 Å². The van der Waals surface area contributed by atoms with Gasteiger partial charge in [-0.3, -0.25) is 4.79 Å². The lowest BCUT2D eigenvalue weighted by Gasteiger charge is -2.38. The van der Waals surface area contributed by atoms with Crippen LogP contribution in [0.15, 0.2) is 12.1 Å². The molecule has 1 amide bonds. The van der Waals surface area contributed by atoms with Gasteiger partial charge in [0, 0.05) is 16.8 Å². The van der Waals surface area contributed by atoms with Gasteiger partial charge in [0.2, 0.25) is 5.91 Å². The van der Waals surface area contributed by atoms with Gasteiger partial charge in [-0.25, -0.2) is 4.79 Å². The second-order valence-electron chi connectivity index (χ2n) is 9.38. The van der Waals surface area contributed by atoms with E-state index in [-0.39, 0.29) is 28.8 Å². The summed E-state index contributed by atoms with van der Waals surface area (Å²) in [6.07, 6.45) is 11.7. The summed E-state index contributed by atoms with van der Waals surface area (Å²) in [4.78, 5) is 29.0. The van der Waals surface area contributed by atoms with E-state index in [1.165, 1.54) is 16.9 Å². The molecule has 2 fully saturated rings. The number of anilines is 1. The third-order valence-electron chi connectivity index (χ3n) is 7.16. The number of aliphatic hydroxyl groups is 1. The van der Waals surface area contributed by atoms with Crippen molar-refractivity contribution in [1.82, 2.24) is 0 Å². The van der Waals surface area contributed by atoms with Crippen molar-refractivity contribution in [3.63, 3.8) is 0 Å². The number of carbonyl (C=O) groups excluding carboxylic acids is 1. The van der Waals surface area contributed by atoms with Crippen LogP contribution in [-0.4, -0.2) is 34.2 Å². The molecule has 30 heavy (non-hydrogen) atoms. The molecule has 0 bridgehead atoms. The molecular formula is C24H33NO4S. The lowest BCUT2D eigenvalue weighted by molar-refractivity contribution is -0.124. The Balaban J connectivity index is 1.69. The predicted octanol–water partition coefficient (Wildman–Crippen LogP) is 5.48. The molecule has 6 heteroatoms. The first-order valence-corrected chi connectivity index (χ1v) is 12.3. The van der Waals surface area contributed by atoms with Gasteiger partial charge in [-0.15, -0.1) is 11.3 Å². The zero-order valence-corrected chi connectivity index (χ0v) is 18.6. The first-order chi connectivity index (χ1) is 14.4. The number of rotatable bonds is 5. The summed E-state index contributed by atoms with van der Waals surface area (Å²) < 4.78 is 0. The van der Waals surface area contributed by atoms with Gasteiger partial charge >= 0.3 is 5.97 Å². The maximum absolute atomic E-state index is 13.8. The number of hydrogen-bond acceptors (Lipinski definition) is 4. The number of thiophene rings is 1. The van der Waals surface area contributed by atoms with Gasteiger partial charge in [0.05, 0.1) is 11.8 Å². The highest BCUT2D eigenvalue weighted by Gasteiger charge is 2.37. The third-order valence-corrected chi connectivity index (χ3v) is 8.35. The van der Waals surface area contributed by atoms with E-state index in [4.69, 9.17) is 0 Å². The minimum Gasteiger partial charge on any atom is -0.477 e. The summed E-state index contributed by atoms with van der Waals surface area (Å²) in [6, 6.07) is 1.93. The Bertz CT molecular complexity index is 813. The van der Waals surface area contributed by atoms with E-state index in [1.54, 1.807) is 0 Å². The van der Waals surface area contributed by atoms with E-state index in [2.05, 4.69) is 13.0 Å². The largest absolute Gasteiger partial charge is 0.477 e. The number of carboxylic acids is 1. The zero-order valence-electron chi connectivity index (χ0n) is 17.8. The number of carbonyl (C=O) groups is 2. The minimum absolute atomic E-state index is 0.0243. The van der Waals surface area contributed by atoms with E-state index in [1.807, 2.05) is 11.0 Å². The van der Waals surface area contributed by atoms with Crippen LogP contribution >= 0.6 is 11.3 Å². The second kappa shape index (κ2) is 9.23. The van der Waals surface area contributed by atoms with Crippen molar-refractivity contribution in [2.45, 2.75) is 89.7 Å². The molecule has 0 aliphatic heterocycles. The van der Waals surface area contributed by atoms with Crippen LogP contribution in [0.25, 0.3) is 5.57 Å². The van der Waals surface area contributed by atoms with Crippen LogP contribution < -0.4 is 4.90 Å². The fraction of sp³-hybridized carbons (Fsp3) is 0.667. The average Bonchev–Trinajstić information content (AvgIpc) is 3.40. The molecule has 0 spiro atoms. The molecule has 4 rings (SSSR count). The summed E-state index contributed by atoms with van der Waals surface area (Å²) in [5.74, 6) is -0.228. The highest BCUT2D eigenvalue weighted by Crippen LogP contribution is 2.42. The molecule has 0 atom stereocenters. The molecule has 1 heterocycles. The van der Waals surface area contributed by atoms with Crippen LogP contribution in [0.2, 0.25) is 0 Å². The SMILES string of the molecule is C[C@H]1CC[C@H](C(=O)N(c2cc(C3=CCCC3)sc2C(=O)O)[C@H]2CC[C@H](O)CC2)CC1. The van der Waals surface area contributed by atoms with Gasteiger partial charge in [0.15, 0.2) is 0 Å². The van der Waals surface area contributed by atoms with Gasteiger partial charge in [0.1, 0.15) is 4.88 Å². The molecule has 0 radical (unpaired) electrons. The number of aliphatic hydroxyl groups excluding tert-OH is 1. The fourth-order valence-electron chi connectivity index (χ4n) is 5.28. The number of amides is 1. The van der Waals surface area contributed by atoms with Crippen LogP contribution in [-0.2, 0) is 4.79 Å². The van der Waals surface area contributed by atoms with E-state index in [9.17, 15) is 19.8 Å². The second-order valence-corrected chi connectivity index (χ2v) is 10.4. The summed E-state index contributed by atoms with van der Waals surface area (Å²) in [6.45, 7) is 2.24. The molecule has 1 aromatic rings. The maximum Gasteiger partial charge on any atom is 0.348 e. The van der Waals surface area contributed by atoms with Crippen LogP contribution in [0, 0.1) is 11.8 Å². The molecule has 5 nitrogen and oxygen atoms in total. The molecule has 3 aliphatic carbocycles. The summed E-state index contributed by atoms with van der Waals surface area (Å²) >= 11 is 1.31. The number of hydrogen-bond donors (Lipinski definition) is 2. The van der Waals surface area contributed by atoms with Gasteiger partial charge in [-0.05, 0) is 88.2 Å². The van der Waals surface area contributed by atoms with Gasteiger partial charge in [-0.2, -0.15) is 0 Å². The van der Waals surface area contributed by atoms with Crippen molar-refractivity contribution in [3.05, 3.63) is 21.9 Å². The molecule has 1 aromatic heterocycles. The van der Waals surface area contributed by atoms with Crippen LogP contribution in [0.1, 0.15) is 92.1 Å². The van der Waals surface area contributed by atoms with Crippen molar-refractivity contribution < 1.29 is 19.8 Å².